The first-order valence-electron chi connectivity index (χ1n) is 11.0. The Bertz CT molecular complexity index is 892. The molecule has 0 radical (unpaired) electrons. The van der Waals surface area contributed by atoms with Gasteiger partial charge in [0.05, 0.1) is 12.1 Å². The molecule has 1 fully saturated rings. The summed E-state index contributed by atoms with van der Waals surface area (Å²) in [6.45, 7) is 5.00. The normalized spacial score (nSPS) is 17.3. The molecule has 30 heavy (non-hydrogen) atoms. The van der Waals surface area contributed by atoms with Gasteiger partial charge in [0, 0.05) is 18.0 Å². The van der Waals surface area contributed by atoms with Gasteiger partial charge in [0.1, 0.15) is 18.1 Å². The number of anilines is 1. The van der Waals surface area contributed by atoms with Gasteiger partial charge in [0.25, 0.3) is 0 Å². The van der Waals surface area contributed by atoms with E-state index in [1.807, 2.05) is 13.0 Å². The predicted molar refractivity (Wildman–Crippen MR) is 113 cm³/mol. The first kappa shape index (κ1) is 21.2. The molecule has 1 aromatic carbocycles. The highest BCUT2D eigenvalue weighted by atomic mass is 19.4. The third kappa shape index (κ3) is 4.99. The van der Waals surface area contributed by atoms with E-state index in [-0.39, 0.29) is 0 Å². The Morgan fingerprint density at radius 1 is 1.07 bits per heavy atom. The zero-order valence-electron chi connectivity index (χ0n) is 17.6. The lowest BCUT2D eigenvalue weighted by atomic mass is 9.88. The molecule has 0 unspecified atom stereocenters. The van der Waals surface area contributed by atoms with E-state index in [0.717, 1.165) is 66.5 Å². The van der Waals surface area contributed by atoms with Crippen LogP contribution in [0.2, 0.25) is 0 Å². The van der Waals surface area contributed by atoms with Gasteiger partial charge in [-0.25, -0.2) is 4.98 Å². The molecule has 1 aliphatic heterocycles. The number of aryl methyl sites for hydroxylation is 2. The van der Waals surface area contributed by atoms with Gasteiger partial charge in [-0.15, -0.1) is 0 Å². The summed E-state index contributed by atoms with van der Waals surface area (Å²) in [5.41, 5.74) is 3.84. The van der Waals surface area contributed by atoms with Crippen molar-refractivity contribution in [1.82, 2.24) is 9.88 Å². The number of aromatic nitrogens is 1. The Labute approximate surface area is 175 Å². The fourth-order valence-electron chi connectivity index (χ4n) is 4.63. The number of benzene rings is 1. The molecule has 1 aliphatic carbocycles. The number of alkyl halides is 3. The molecule has 4 rings (SSSR count). The Hall–Kier alpha value is -2.02. The van der Waals surface area contributed by atoms with Gasteiger partial charge in [-0.05, 0) is 87.7 Å². The summed E-state index contributed by atoms with van der Waals surface area (Å²) in [6, 6.07) is 3.99. The molecule has 2 heterocycles. The van der Waals surface area contributed by atoms with Gasteiger partial charge < -0.3 is 15.0 Å². The highest BCUT2D eigenvalue weighted by molar-refractivity contribution is 5.88. The molecule has 2 aromatic rings. The van der Waals surface area contributed by atoms with E-state index in [1.54, 1.807) is 0 Å². The lowest BCUT2D eigenvalue weighted by Crippen LogP contribution is -2.23. The quantitative estimate of drug-likeness (QED) is 0.619. The molecule has 0 atom stereocenters. The van der Waals surface area contributed by atoms with Crippen molar-refractivity contribution in [3.63, 3.8) is 0 Å². The number of likely N-dealkylation sites (tertiary alicyclic amines) is 1. The van der Waals surface area contributed by atoms with Gasteiger partial charge in [-0.1, -0.05) is 0 Å². The Morgan fingerprint density at radius 2 is 1.80 bits per heavy atom. The number of hydrogen-bond acceptors (Lipinski definition) is 4. The van der Waals surface area contributed by atoms with E-state index in [0.29, 0.717) is 17.9 Å². The first-order valence-corrected chi connectivity index (χ1v) is 11.0. The summed E-state index contributed by atoms with van der Waals surface area (Å²) in [7, 11) is 0. The van der Waals surface area contributed by atoms with E-state index in [4.69, 9.17) is 4.74 Å². The Morgan fingerprint density at radius 3 is 2.53 bits per heavy atom. The maximum atomic E-state index is 12.8. The molecule has 0 spiro atoms. The van der Waals surface area contributed by atoms with Crippen molar-refractivity contribution < 1.29 is 17.9 Å². The molecule has 0 amide bonds. The van der Waals surface area contributed by atoms with Crippen LogP contribution in [0.3, 0.4) is 0 Å². The topological polar surface area (TPSA) is 37.4 Å². The van der Waals surface area contributed by atoms with Crippen LogP contribution in [0.4, 0.5) is 19.0 Å². The van der Waals surface area contributed by atoms with Gasteiger partial charge in [-0.2, -0.15) is 13.2 Å². The fraction of sp³-hybridized carbons (Fsp3) is 0.609. The zero-order chi connectivity index (χ0) is 21.1. The molecule has 1 N–H and O–H groups in total. The monoisotopic (exact) mass is 421 g/mol. The number of nitrogens with one attached hydrogen (secondary N) is 1. The summed E-state index contributed by atoms with van der Waals surface area (Å²) < 4.78 is 44.4. The van der Waals surface area contributed by atoms with Crippen LogP contribution in [0.1, 0.15) is 48.8 Å². The largest absolute Gasteiger partial charge is 0.493 e. The molecule has 2 aliphatic rings. The van der Waals surface area contributed by atoms with Crippen molar-refractivity contribution in [2.75, 3.05) is 38.1 Å². The minimum Gasteiger partial charge on any atom is -0.493 e. The van der Waals surface area contributed by atoms with Gasteiger partial charge in [0.2, 0.25) is 0 Å². The van der Waals surface area contributed by atoms with Crippen LogP contribution in [0.25, 0.3) is 10.9 Å². The maximum Gasteiger partial charge on any atom is 0.405 e. The summed E-state index contributed by atoms with van der Waals surface area (Å²) in [5.74, 6) is 1.15. The van der Waals surface area contributed by atoms with Crippen molar-refractivity contribution in [3.05, 3.63) is 28.8 Å². The molecular weight excluding hydrogens is 391 g/mol. The van der Waals surface area contributed by atoms with Crippen LogP contribution in [-0.4, -0.2) is 48.8 Å². The number of halogens is 3. The van der Waals surface area contributed by atoms with Crippen molar-refractivity contribution in [2.24, 2.45) is 0 Å². The molecule has 1 saturated heterocycles. The predicted octanol–water partition coefficient (Wildman–Crippen LogP) is 5.26. The highest BCUT2D eigenvalue weighted by Gasteiger charge is 2.28. The summed E-state index contributed by atoms with van der Waals surface area (Å²) >= 11 is 0. The Kier molecular flexibility index (Phi) is 6.37. The van der Waals surface area contributed by atoms with Crippen LogP contribution in [-0.2, 0) is 12.8 Å². The third-order valence-electron chi connectivity index (χ3n) is 6.14. The molecule has 4 nitrogen and oxygen atoms in total. The Balaban J connectivity index is 1.55. The third-order valence-corrected chi connectivity index (χ3v) is 6.14. The van der Waals surface area contributed by atoms with Crippen molar-refractivity contribution in [1.29, 1.82) is 0 Å². The average Bonchev–Trinajstić information content (AvgIpc) is 3.23. The molecule has 164 valence electrons. The second-order valence-electron chi connectivity index (χ2n) is 8.48. The second-order valence-corrected chi connectivity index (χ2v) is 8.48. The van der Waals surface area contributed by atoms with Crippen LogP contribution >= 0.6 is 0 Å². The van der Waals surface area contributed by atoms with Crippen LogP contribution in [0.5, 0.6) is 5.75 Å². The SMILES string of the molecule is Cc1cc2c3c(c(NCC(F)(F)F)nc2cc1OCCCN1CCCC1)CCCC3. The number of nitrogens with zero attached hydrogens (tertiary/aromatic N) is 2. The highest BCUT2D eigenvalue weighted by Crippen LogP contribution is 2.36. The van der Waals surface area contributed by atoms with Crippen LogP contribution < -0.4 is 10.1 Å². The molecule has 0 saturated carbocycles. The fourth-order valence-corrected chi connectivity index (χ4v) is 4.63. The molecule has 7 heteroatoms. The van der Waals surface area contributed by atoms with Gasteiger partial charge in [0.15, 0.2) is 0 Å². The van der Waals surface area contributed by atoms with E-state index in [1.165, 1.54) is 25.9 Å². The molecular formula is C23H30F3N3O. The van der Waals surface area contributed by atoms with E-state index in [2.05, 4.69) is 21.3 Å². The standard InChI is InChI=1S/C23H30F3N3O/c1-16-13-19-17-7-2-3-8-18(17)22(27-15-23(24,25)26)28-20(19)14-21(16)30-12-6-11-29-9-4-5-10-29/h13-14H,2-12,15H2,1H3,(H,27,28). The second kappa shape index (κ2) is 9.00. The van der Waals surface area contributed by atoms with E-state index < -0.39 is 12.7 Å². The number of fused-ring (bicyclic) bond motifs is 3. The van der Waals surface area contributed by atoms with E-state index in [9.17, 15) is 13.2 Å². The summed E-state index contributed by atoms with van der Waals surface area (Å²) in [4.78, 5) is 7.05. The molecule has 0 bridgehead atoms. The summed E-state index contributed by atoms with van der Waals surface area (Å²) in [6.07, 6.45) is 2.95. The number of ether oxygens (including phenoxy) is 1. The number of hydrogen-bond donors (Lipinski definition) is 1. The summed E-state index contributed by atoms with van der Waals surface area (Å²) in [5, 5.41) is 3.59. The smallest absolute Gasteiger partial charge is 0.405 e. The van der Waals surface area contributed by atoms with Gasteiger partial charge >= 0.3 is 6.18 Å². The zero-order valence-corrected chi connectivity index (χ0v) is 17.6. The van der Waals surface area contributed by atoms with Crippen molar-refractivity contribution >= 4 is 16.7 Å². The average molecular weight is 422 g/mol. The number of rotatable bonds is 7. The van der Waals surface area contributed by atoms with Crippen LogP contribution in [0.15, 0.2) is 12.1 Å². The molecule has 1 aromatic heterocycles. The maximum absolute atomic E-state index is 12.8. The lowest BCUT2D eigenvalue weighted by Gasteiger charge is -2.23. The van der Waals surface area contributed by atoms with Crippen molar-refractivity contribution in [3.8, 4) is 5.75 Å². The van der Waals surface area contributed by atoms with Crippen molar-refractivity contribution in [2.45, 2.75) is 58.0 Å². The first-order chi connectivity index (χ1) is 14.4. The minimum atomic E-state index is -4.27. The minimum absolute atomic E-state index is 0.373. The number of pyridine rings is 1. The van der Waals surface area contributed by atoms with Gasteiger partial charge in [-0.3, -0.25) is 0 Å². The lowest BCUT2D eigenvalue weighted by molar-refractivity contribution is -0.115. The van der Waals surface area contributed by atoms with E-state index >= 15 is 0 Å². The van der Waals surface area contributed by atoms with Crippen LogP contribution in [0, 0.1) is 6.92 Å².